The van der Waals surface area contributed by atoms with Gasteiger partial charge in [-0.3, -0.25) is 0 Å². The Balaban J connectivity index is 1.46. The van der Waals surface area contributed by atoms with Crippen LogP contribution in [0, 0.1) is 0 Å². The van der Waals surface area contributed by atoms with E-state index < -0.39 is 0 Å². The van der Waals surface area contributed by atoms with Crippen molar-refractivity contribution in [1.29, 1.82) is 0 Å². The van der Waals surface area contributed by atoms with Crippen molar-refractivity contribution in [3.05, 3.63) is 89.0 Å². The van der Waals surface area contributed by atoms with Crippen molar-refractivity contribution in [1.82, 2.24) is 5.32 Å². The molecule has 0 aliphatic heterocycles. The molecule has 142 valence electrons. The van der Waals surface area contributed by atoms with Crippen molar-refractivity contribution in [2.45, 2.75) is 38.3 Å². The van der Waals surface area contributed by atoms with E-state index in [0.29, 0.717) is 11.9 Å². The van der Waals surface area contributed by atoms with Crippen molar-refractivity contribution in [2.24, 2.45) is 10.7 Å². The SMILES string of the molecule is NC(=Nc1ccc2c(c1)CC(NCc1ccccc1)CC2)C1=CC=CCC1=S. The van der Waals surface area contributed by atoms with Crippen LogP contribution < -0.4 is 11.1 Å². The maximum atomic E-state index is 6.23. The molecule has 1 unspecified atom stereocenters. The van der Waals surface area contributed by atoms with Gasteiger partial charge in [-0.2, -0.15) is 0 Å². The third-order valence-electron chi connectivity index (χ3n) is 5.38. The van der Waals surface area contributed by atoms with Gasteiger partial charge in [0.15, 0.2) is 0 Å². The number of hydrogen-bond donors (Lipinski definition) is 2. The van der Waals surface area contributed by atoms with E-state index in [2.05, 4.69) is 58.8 Å². The molecule has 0 fully saturated rings. The first-order chi connectivity index (χ1) is 13.7. The number of aryl methyl sites for hydroxylation is 1. The lowest BCUT2D eigenvalue weighted by atomic mass is 9.88. The number of fused-ring (bicyclic) bond motifs is 1. The molecule has 0 aromatic heterocycles. The highest BCUT2D eigenvalue weighted by Crippen LogP contribution is 2.26. The Morgan fingerprint density at radius 3 is 2.82 bits per heavy atom. The molecule has 0 saturated heterocycles. The molecule has 3 nitrogen and oxygen atoms in total. The van der Waals surface area contributed by atoms with Gasteiger partial charge in [0.05, 0.1) is 5.69 Å². The number of amidine groups is 1. The summed E-state index contributed by atoms with van der Waals surface area (Å²) in [4.78, 5) is 5.50. The van der Waals surface area contributed by atoms with Crippen molar-refractivity contribution in [3.63, 3.8) is 0 Å². The standard InChI is InChI=1S/C24H25N3S/c25-24(22-8-4-5-9-23(22)28)27-21-13-11-18-10-12-20(14-19(18)15-21)26-16-17-6-2-1-3-7-17/h1-8,11,13,15,20,26H,9-10,12,14,16H2,(H2,25,27). The molecular formula is C24H25N3S. The van der Waals surface area contributed by atoms with E-state index in [1.165, 1.54) is 16.7 Å². The lowest BCUT2D eigenvalue weighted by Gasteiger charge is -2.26. The van der Waals surface area contributed by atoms with Crippen molar-refractivity contribution >= 4 is 28.6 Å². The minimum atomic E-state index is 0.489. The van der Waals surface area contributed by atoms with Gasteiger partial charge in [-0.25, -0.2) is 4.99 Å². The average molecular weight is 388 g/mol. The Hall–Kier alpha value is -2.56. The lowest BCUT2D eigenvalue weighted by molar-refractivity contribution is 0.458. The van der Waals surface area contributed by atoms with Gasteiger partial charge in [-0.1, -0.05) is 66.8 Å². The number of benzene rings is 2. The van der Waals surface area contributed by atoms with E-state index in [9.17, 15) is 0 Å². The maximum absolute atomic E-state index is 6.23. The van der Waals surface area contributed by atoms with E-state index in [0.717, 1.165) is 48.4 Å². The summed E-state index contributed by atoms with van der Waals surface area (Å²) in [7, 11) is 0. The summed E-state index contributed by atoms with van der Waals surface area (Å²) < 4.78 is 0. The molecule has 2 aliphatic rings. The van der Waals surface area contributed by atoms with Crippen LogP contribution in [0.25, 0.3) is 0 Å². The number of nitrogens with two attached hydrogens (primary N) is 1. The van der Waals surface area contributed by atoms with Gasteiger partial charge in [-0.05, 0) is 48.1 Å². The molecule has 4 heteroatoms. The molecule has 0 spiro atoms. The Morgan fingerprint density at radius 1 is 1.14 bits per heavy atom. The van der Waals surface area contributed by atoms with Crippen LogP contribution in [-0.2, 0) is 19.4 Å². The molecule has 0 heterocycles. The van der Waals surface area contributed by atoms with Crippen molar-refractivity contribution < 1.29 is 0 Å². The van der Waals surface area contributed by atoms with Crippen LogP contribution >= 0.6 is 12.2 Å². The molecule has 0 saturated carbocycles. The van der Waals surface area contributed by atoms with Crippen LogP contribution in [0.4, 0.5) is 5.69 Å². The van der Waals surface area contributed by atoms with Crippen LogP contribution in [-0.4, -0.2) is 16.7 Å². The summed E-state index contributed by atoms with van der Waals surface area (Å²) in [5.41, 5.74) is 12.1. The number of allylic oxidation sites excluding steroid dienone is 3. The molecular weight excluding hydrogens is 362 g/mol. The minimum absolute atomic E-state index is 0.489. The Labute approximate surface area is 172 Å². The van der Waals surface area contributed by atoms with Gasteiger partial charge in [0.2, 0.25) is 0 Å². The first kappa shape index (κ1) is 18.8. The van der Waals surface area contributed by atoms with Gasteiger partial charge < -0.3 is 11.1 Å². The first-order valence-corrected chi connectivity index (χ1v) is 10.2. The second-order valence-electron chi connectivity index (χ2n) is 7.39. The van der Waals surface area contributed by atoms with Crippen molar-refractivity contribution in [2.75, 3.05) is 0 Å². The zero-order chi connectivity index (χ0) is 19.3. The number of hydrogen-bond acceptors (Lipinski definition) is 3. The van der Waals surface area contributed by atoms with Gasteiger partial charge in [0, 0.05) is 29.4 Å². The fourth-order valence-electron chi connectivity index (χ4n) is 3.82. The molecule has 0 radical (unpaired) electrons. The second kappa shape index (κ2) is 8.63. The number of rotatable bonds is 5. The molecule has 0 amide bonds. The zero-order valence-electron chi connectivity index (χ0n) is 15.9. The third kappa shape index (κ3) is 4.46. The molecule has 3 N–H and O–H groups in total. The molecule has 1 atom stereocenters. The van der Waals surface area contributed by atoms with Crippen LogP contribution in [0.15, 0.2) is 77.3 Å². The van der Waals surface area contributed by atoms with Crippen molar-refractivity contribution in [3.8, 4) is 0 Å². The summed E-state index contributed by atoms with van der Waals surface area (Å²) in [5.74, 6) is 0.504. The molecule has 2 aromatic rings. The monoisotopic (exact) mass is 387 g/mol. The highest BCUT2D eigenvalue weighted by molar-refractivity contribution is 7.81. The van der Waals surface area contributed by atoms with E-state index in [1.807, 2.05) is 18.2 Å². The minimum Gasteiger partial charge on any atom is -0.383 e. The van der Waals surface area contributed by atoms with Crippen LogP contribution in [0.2, 0.25) is 0 Å². The van der Waals surface area contributed by atoms with Crippen LogP contribution in [0.3, 0.4) is 0 Å². The fourth-order valence-corrected chi connectivity index (χ4v) is 4.08. The molecule has 2 aliphatic carbocycles. The Kier molecular flexibility index (Phi) is 5.79. The summed E-state index contributed by atoms with van der Waals surface area (Å²) in [6.07, 6.45) is 10.0. The van der Waals surface area contributed by atoms with E-state index in [4.69, 9.17) is 18.0 Å². The summed E-state index contributed by atoms with van der Waals surface area (Å²) >= 11 is 5.41. The Morgan fingerprint density at radius 2 is 2.00 bits per heavy atom. The summed E-state index contributed by atoms with van der Waals surface area (Å²) in [6.45, 7) is 0.907. The molecule has 2 aromatic carbocycles. The quantitative estimate of drug-likeness (QED) is 0.449. The van der Waals surface area contributed by atoms with E-state index in [1.54, 1.807) is 0 Å². The smallest absolute Gasteiger partial charge is 0.132 e. The van der Waals surface area contributed by atoms with Crippen LogP contribution in [0.1, 0.15) is 29.5 Å². The maximum Gasteiger partial charge on any atom is 0.132 e. The highest BCUT2D eigenvalue weighted by Gasteiger charge is 2.19. The van der Waals surface area contributed by atoms with Gasteiger partial charge in [0.1, 0.15) is 5.84 Å². The topological polar surface area (TPSA) is 50.4 Å². The highest BCUT2D eigenvalue weighted by atomic mass is 32.1. The lowest BCUT2D eigenvalue weighted by Crippen LogP contribution is -2.34. The predicted octanol–water partition coefficient (Wildman–Crippen LogP) is 4.58. The number of thiocarbonyl (C=S) groups is 1. The number of nitrogens with zero attached hydrogens (tertiary/aromatic N) is 1. The number of nitrogens with one attached hydrogen (secondary N) is 1. The number of aliphatic imine (C=N–C) groups is 1. The van der Waals surface area contributed by atoms with E-state index in [-0.39, 0.29) is 0 Å². The van der Waals surface area contributed by atoms with Gasteiger partial charge in [-0.15, -0.1) is 0 Å². The van der Waals surface area contributed by atoms with E-state index >= 15 is 0 Å². The zero-order valence-corrected chi connectivity index (χ0v) is 16.7. The molecule has 4 rings (SSSR count). The predicted molar refractivity (Wildman–Crippen MR) is 121 cm³/mol. The van der Waals surface area contributed by atoms with Crippen LogP contribution in [0.5, 0.6) is 0 Å². The normalized spacial score (nSPS) is 19.3. The second-order valence-corrected chi connectivity index (χ2v) is 7.88. The molecule has 28 heavy (non-hydrogen) atoms. The Bertz CT molecular complexity index is 957. The third-order valence-corrected chi connectivity index (χ3v) is 5.77. The fraction of sp³-hybridized carbons (Fsp3) is 0.250. The molecule has 0 bridgehead atoms. The summed E-state index contributed by atoms with van der Waals surface area (Å²) in [6, 6.07) is 17.5. The summed E-state index contributed by atoms with van der Waals surface area (Å²) in [5, 5.41) is 3.70. The largest absolute Gasteiger partial charge is 0.383 e. The average Bonchev–Trinajstić information content (AvgIpc) is 2.73. The van der Waals surface area contributed by atoms with Gasteiger partial charge >= 0.3 is 0 Å². The first-order valence-electron chi connectivity index (χ1n) is 9.83. The van der Waals surface area contributed by atoms with Gasteiger partial charge in [0.25, 0.3) is 0 Å².